The fraction of sp³-hybridized carbons (Fsp3) is 0.476. The number of anilines is 3. The van der Waals surface area contributed by atoms with Gasteiger partial charge in [0, 0.05) is 57.1 Å². The molecule has 4 heterocycles. The highest BCUT2D eigenvalue weighted by molar-refractivity contribution is 5.90. The molecule has 0 atom stereocenters. The standard InChI is InChI=1S/C21H26N6O3/c28-21(24-16-3-4-17-18(13-16)30-12-11-29-17)27-9-7-26(8-10-27)20-14-19(22-15-23-20)25-5-1-2-6-25/h3-4,13-15H,1-2,5-12H2,(H,24,28). The van der Waals surface area contributed by atoms with Crippen LogP contribution in [0.4, 0.5) is 22.1 Å². The molecule has 3 aliphatic heterocycles. The summed E-state index contributed by atoms with van der Waals surface area (Å²) in [6, 6.07) is 7.43. The van der Waals surface area contributed by atoms with Gasteiger partial charge in [-0.2, -0.15) is 0 Å². The quantitative estimate of drug-likeness (QED) is 0.831. The van der Waals surface area contributed by atoms with Crippen molar-refractivity contribution >= 4 is 23.4 Å². The lowest BCUT2D eigenvalue weighted by Gasteiger charge is -2.35. The summed E-state index contributed by atoms with van der Waals surface area (Å²) in [7, 11) is 0. The summed E-state index contributed by atoms with van der Waals surface area (Å²) in [6.45, 7) is 5.95. The first-order valence-electron chi connectivity index (χ1n) is 10.5. The molecule has 9 heteroatoms. The van der Waals surface area contributed by atoms with Crippen LogP contribution in [0.3, 0.4) is 0 Å². The van der Waals surface area contributed by atoms with E-state index in [1.165, 1.54) is 12.8 Å². The highest BCUT2D eigenvalue weighted by Crippen LogP contribution is 2.32. The van der Waals surface area contributed by atoms with Crippen LogP contribution in [-0.2, 0) is 0 Å². The second-order valence-electron chi connectivity index (χ2n) is 7.69. The minimum atomic E-state index is -0.105. The van der Waals surface area contributed by atoms with E-state index < -0.39 is 0 Å². The number of aromatic nitrogens is 2. The number of fused-ring (bicyclic) bond motifs is 1. The average molecular weight is 410 g/mol. The maximum Gasteiger partial charge on any atom is 0.321 e. The normalized spacial score (nSPS) is 18.5. The van der Waals surface area contributed by atoms with Crippen molar-refractivity contribution in [2.45, 2.75) is 12.8 Å². The Morgan fingerprint density at radius 3 is 2.23 bits per heavy atom. The Morgan fingerprint density at radius 1 is 0.833 bits per heavy atom. The maximum atomic E-state index is 12.7. The molecule has 0 aliphatic carbocycles. The van der Waals surface area contributed by atoms with Gasteiger partial charge in [-0.1, -0.05) is 0 Å². The van der Waals surface area contributed by atoms with Gasteiger partial charge in [0.25, 0.3) is 0 Å². The average Bonchev–Trinajstić information content (AvgIpc) is 3.34. The number of urea groups is 1. The highest BCUT2D eigenvalue weighted by atomic mass is 16.6. The second-order valence-corrected chi connectivity index (χ2v) is 7.69. The summed E-state index contributed by atoms with van der Waals surface area (Å²) in [5, 5.41) is 2.96. The molecule has 2 saturated heterocycles. The predicted octanol–water partition coefficient (Wildman–Crippen LogP) is 2.20. The molecule has 1 aromatic heterocycles. The third-order valence-electron chi connectivity index (χ3n) is 5.75. The first-order chi connectivity index (χ1) is 14.8. The Balaban J connectivity index is 1.18. The van der Waals surface area contributed by atoms with Crippen LogP contribution < -0.4 is 24.6 Å². The number of amides is 2. The third-order valence-corrected chi connectivity index (χ3v) is 5.75. The Morgan fingerprint density at radius 2 is 1.50 bits per heavy atom. The fourth-order valence-electron chi connectivity index (χ4n) is 4.09. The van der Waals surface area contributed by atoms with Gasteiger partial charge in [0.15, 0.2) is 11.5 Å². The molecule has 0 radical (unpaired) electrons. The van der Waals surface area contributed by atoms with E-state index in [0.29, 0.717) is 43.5 Å². The molecular formula is C21H26N6O3. The van der Waals surface area contributed by atoms with Crippen LogP contribution in [0, 0.1) is 0 Å². The van der Waals surface area contributed by atoms with Gasteiger partial charge >= 0.3 is 6.03 Å². The van der Waals surface area contributed by atoms with E-state index in [-0.39, 0.29) is 6.03 Å². The molecule has 0 bridgehead atoms. The SMILES string of the molecule is O=C(Nc1ccc2c(c1)OCCO2)N1CCN(c2cc(N3CCCC3)ncn2)CC1. The number of rotatable bonds is 3. The van der Waals surface area contributed by atoms with Crippen molar-refractivity contribution in [3.63, 3.8) is 0 Å². The number of hydrogen-bond acceptors (Lipinski definition) is 7. The van der Waals surface area contributed by atoms with Crippen molar-refractivity contribution in [1.29, 1.82) is 0 Å². The smallest absolute Gasteiger partial charge is 0.321 e. The van der Waals surface area contributed by atoms with E-state index >= 15 is 0 Å². The van der Waals surface area contributed by atoms with Crippen LogP contribution >= 0.6 is 0 Å². The van der Waals surface area contributed by atoms with Gasteiger partial charge in [0.2, 0.25) is 0 Å². The zero-order chi connectivity index (χ0) is 20.3. The van der Waals surface area contributed by atoms with Gasteiger partial charge in [-0.05, 0) is 25.0 Å². The van der Waals surface area contributed by atoms with E-state index in [9.17, 15) is 4.79 Å². The Kier molecular flexibility index (Phi) is 5.17. The lowest BCUT2D eigenvalue weighted by Crippen LogP contribution is -2.50. The first-order valence-corrected chi connectivity index (χ1v) is 10.5. The minimum absolute atomic E-state index is 0.105. The molecule has 158 valence electrons. The van der Waals surface area contributed by atoms with E-state index in [4.69, 9.17) is 9.47 Å². The molecule has 0 unspecified atom stereocenters. The van der Waals surface area contributed by atoms with Crippen LogP contribution in [0.15, 0.2) is 30.6 Å². The number of hydrogen-bond donors (Lipinski definition) is 1. The second kappa shape index (κ2) is 8.25. The number of carbonyl (C=O) groups excluding carboxylic acids is 1. The van der Waals surface area contributed by atoms with Gasteiger partial charge in [0.05, 0.1) is 0 Å². The zero-order valence-corrected chi connectivity index (χ0v) is 16.9. The zero-order valence-electron chi connectivity index (χ0n) is 16.9. The number of carbonyl (C=O) groups is 1. The number of piperazine rings is 1. The molecule has 30 heavy (non-hydrogen) atoms. The van der Waals surface area contributed by atoms with Gasteiger partial charge in [0.1, 0.15) is 31.2 Å². The molecule has 0 spiro atoms. The minimum Gasteiger partial charge on any atom is -0.486 e. The van der Waals surface area contributed by atoms with Crippen LogP contribution in [-0.4, -0.2) is 73.4 Å². The van der Waals surface area contributed by atoms with Gasteiger partial charge in [-0.15, -0.1) is 0 Å². The Labute approximate surface area is 175 Å². The monoisotopic (exact) mass is 410 g/mol. The summed E-state index contributed by atoms with van der Waals surface area (Å²) < 4.78 is 11.1. The predicted molar refractivity (Wildman–Crippen MR) is 114 cm³/mol. The van der Waals surface area contributed by atoms with Crippen LogP contribution in [0.5, 0.6) is 11.5 Å². The van der Waals surface area contributed by atoms with Crippen molar-refractivity contribution in [3.05, 3.63) is 30.6 Å². The molecule has 2 fully saturated rings. The van der Waals surface area contributed by atoms with Crippen molar-refractivity contribution in [1.82, 2.24) is 14.9 Å². The number of nitrogens with one attached hydrogen (secondary N) is 1. The maximum absolute atomic E-state index is 12.7. The fourth-order valence-corrected chi connectivity index (χ4v) is 4.09. The summed E-state index contributed by atoms with van der Waals surface area (Å²) in [4.78, 5) is 27.9. The van der Waals surface area contributed by atoms with Gasteiger partial charge < -0.3 is 29.5 Å². The first kappa shape index (κ1) is 18.8. The summed E-state index contributed by atoms with van der Waals surface area (Å²) >= 11 is 0. The summed E-state index contributed by atoms with van der Waals surface area (Å²) in [6.07, 6.45) is 4.08. The topological polar surface area (TPSA) is 83.1 Å². The van der Waals surface area contributed by atoms with Crippen molar-refractivity contribution in [2.24, 2.45) is 0 Å². The molecule has 2 aromatic rings. The molecular weight excluding hydrogens is 384 g/mol. The molecule has 1 aromatic carbocycles. The molecule has 1 N–H and O–H groups in total. The lowest BCUT2D eigenvalue weighted by molar-refractivity contribution is 0.171. The molecule has 3 aliphatic rings. The van der Waals surface area contributed by atoms with E-state index in [1.54, 1.807) is 6.33 Å². The number of benzene rings is 1. The lowest BCUT2D eigenvalue weighted by atomic mass is 10.2. The summed E-state index contributed by atoms with van der Waals surface area (Å²) in [5.74, 6) is 3.31. The van der Waals surface area contributed by atoms with Crippen molar-refractivity contribution < 1.29 is 14.3 Å². The van der Waals surface area contributed by atoms with Gasteiger partial charge in [-0.3, -0.25) is 0 Å². The van der Waals surface area contributed by atoms with Crippen LogP contribution in [0.2, 0.25) is 0 Å². The van der Waals surface area contributed by atoms with Crippen LogP contribution in [0.25, 0.3) is 0 Å². The van der Waals surface area contributed by atoms with E-state index in [2.05, 4.69) is 31.2 Å². The van der Waals surface area contributed by atoms with Crippen LogP contribution in [0.1, 0.15) is 12.8 Å². The highest BCUT2D eigenvalue weighted by Gasteiger charge is 2.23. The molecule has 9 nitrogen and oxygen atoms in total. The Hall–Kier alpha value is -3.23. The van der Waals surface area contributed by atoms with Crippen molar-refractivity contribution in [3.8, 4) is 11.5 Å². The van der Waals surface area contributed by atoms with E-state index in [1.807, 2.05) is 23.1 Å². The molecule has 5 rings (SSSR count). The Bertz CT molecular complexity index is 909. The third kappa shape index (κ3) is 3.92. The number of nitrogens with zero attached hydrogens (tertiary/aromatic N) is 5. The number of ether oxygens (including phenoxy) is 2. The molecule has 2 amide bonds. The van der Waals surface area contributed by atoms with Crippen molar-refractivity contribution in [2.75, 3.05) is 67.6 Å². The molecule has 0 saturated carbocycles. The summed E-state index contributed by atoms with van der Waals surface area (Å²) in [5.41, 5.74) is 0.706. The largest absolute Gasteiger partial charge is 0.486 e. The van der Waals surface area contributed by atoms with Gasteiger partial charge in [-0.25, -0.2) is 14.8 Å². The van der Waals surface area contributed by atoms with E-state index in [0.717, 1.165) is 37.8 Å².